The number of hydrazine groups is 1. The summed E-state index contributed by atoms with van der Waals surface area (Å²) < 4.78 is 0. The number of amides is 4. The van der Waals surface area contributed by atoms with Gasteiger partial charge in [-0.25, -0.2) is 14.8 Å². The molecule has 4 amide bonds. The molecule has 0 unspecified atom stereocenters. The first-order valence-electron chi connectivity index (χ1n) is 10.8. The van der Waals surface area contributed by atoms with Gasteiger partial charge >= 0.3 is 6.03 Å². The highest BCUT2D eigenvalue weighted by Crippen LogP contribution is 2.24. The number of urea groups is 1. The first-order valence-corrected chi connectivity index (χ1v) is 10.8. The smallest absolute Gasteiger partial charge is 0.340 e. The highest BCUT2D eigenvalue weighted by Gasteiger charge is 2.31. The average molecular weight is 423 g/mol. The van der Waals surface area contributed by atoms with E-state index >= 15 is 0 Å². The van der Waals surface area contributed by atoms with Crippen LogP contribution in [-0.2, 0) is 17.6 Å². The number of anilines is 1. The fraction of sp³-hybridized carbons (Fsp3) is 0.375. The third kappa shape index (κ3) is 5.23. The lowest BCUT2D eigenvalue weighted by Gasteiger charge is -2.29. The molecule has 3 rings (SSSR count). The van der Waals surface area contributed by atoms with Crippen LogP contribution in [0.3, 0.4) is 0 Å². The summed E-state index contributed by atoms with van der Waals surface area (Å²) in [6.45, 7) is 6.74. The molecule has 0 bridgehead atoms. The Bertz CT molecular complexity index is 951. The molecular formula is C24H30N4O3. The van der Waals surface area contributed by atoms with E-state index in [1.165, 1.54) is 10.0 Å². The van der Waals surface area contributed by atoms with Gasteiger partial charge in [-0.3, -0.25) is 9.59 Å². The molecule has 1 heterocycles. The Kier molecular flexibility index (Phi) is 7.28. The van der Waals surface area contributed by atoms with E-state index in [2.05, 4.69) is 10.6 Å². The van der Waals surface area contributed by atoms with Crippen LogP contribution in [0.2, 0.25) is 0 Å². The number of carbonyl (C=O) groups is 3. The zero-order valence-corrected chi connectivity index (χ0v) is 18.4. The van der Waals surface area contributed by atoms with Crippen molar-refractivity contribution in [3.05, 3.63) is 64.7 Å². The zero-order chi connectivity index (χ0) is 22.4. The quantitative estimate of drug-likeness (QED) is 0.747. The van der Waals surface area contributed by atoms with Crippen LogP contribution in [0.4, 0.5) is 10.5 Å². The number of aryl methyl sites for hydroxylation is 3. The summed E-state index contributed by atoms with van der Waals surface area (Å²) in [5.41, 5.74) is 4.43. The molecule has 164 valence electrons. The second-order valence-electron chi connectivity index (χ2n) is 7.63. The van der Waals surface area contributed by atoms with Gasteiger partial charge in [0.05, 0.1) is 6.54 Å². The summed E-state index contributed by atoms with van der Waals surface area (Å²) in [5, 5.41) is 8.53. The van der Waals surface area contributed by atoms with Gasteiger partial charge < -0.3 is 10.6 Å². The normalized spacial score (nSPS) is 13.3. The molecule has 2 aromatic carbocycles. The maximum absolute atomic E-state index is 13.0. The van der Waals surface area contributed by atoms with Crippen molar-refractivity contribution in [2.24, 2.45) is 0 Å². The second kappa shape index (κ2) is 10.1. The van der Waals surface area contributed by atoms with Gasteiger partial charge in [-0.2, -0.15) is 0 Å². The van der Waals surface area contributed by atoms with Crippen LogP contribution in [0.25, 0.3) is 0 Å². The molecule has 0 aliphatic carbocycles. The summed E-state index contributed by atoms with van der Waals surface area (Å²) in [6, 6.07) is 12.9. The van der Waals surface area contributed by atoms with Crippen molar-refractivity contribution in [3.63, 3.8) is 0 Å². The molecule has 0 aromatic heterocycles. The predicted molar refractivity (Wildman–Crippen MR) is 121 cm³/mol. The monoisotopic (exact) mass is 422 g/mol. The van der Waals surface area contributed by atoms with Crippen molar-refractivity contribution in [1.82, 2.24) is 15.3 Å². The summed E-state index contributed by atoms with van der Waals surface area (Å²) in [7, 11) is 0. The Labute approximate surface area is 183 Å². The fourth-order valence-electron chi connectivity index (χ4n) is 3.79. The molecule has 0 radical (unpaired) electrons. The molecule has 2 N–H and O–H groups in total. The summed E-state index contributed by atoms with van der Waals surface area (Å²) in [4.78, 5) is 38.1. The Morgan fingerprint density at radius 3 is 2.23 bits per heavy atom. The van der Waals surface area contributed by atoms with E-state index in [4.69, 9.17) is 0 Å². The number of nitrogens with zero attached hydrogens (tertiary/aromatic N) is 2. The van der Waals surface area contributed by atoms with Gasteiger partial charge in [0.15, 0.2) is 0 Å². The molecule has 2 aromatic rings. The number of para-hydroxylation sites is 1. The molecule has 0 atom stereocenters. The van der Waals surface area contributed by atoms with Crippen LogP contribution in [0, 0.1) is 6.92 Å². The average Bonchev–Trinajstić information content (AvgIpc) is 3.27. The van der Waals surface area contributed by atoms with Crippen molar-refractivity contribution in [2.45, 2.75) is 40.0 Å². The molecule has 1 aliphatic heterocycles. The fourth-order valence-corrected chi connectivity index (χ4v) is 3.79. The number of carbonyl (C=O) groups excluding carboxylic acids is 3. The minimum absolute atomic E-state index is 0.164. The topological polar surface area (TPSA) is 81.8 Å². The molecule has 7 nitrogen and oxygen atoms in total. The molecule has 1 saturated heterocycles. The molecule has 0 saturated carbocycles. The van der Waals surface area contributed by atoms with Crippen LogP contribution < -0.4 is 10.6 Å². The molecular weight excluding hydrogens is 392 g/mol. The maximum Gasteiger partial charge on any atom is 0.340 e. The lowest BCUT2D eigenvalue weighted by molar-refractivity contribution is -0.138. The van der Waals surface area contributed by atoms with Gasteiger partial charge in [0.1, 0.15) is 0 Å². The minimum Gasteiger partial charge on any atom is -0.343 e. The Hall–Kier alpha value is -3.35. The molecule has 0 spiro atoms. The van der Waals surface area contributed by atoms with E-state index < -0.39 is 0 Å². The minimum atomic E-state index is -0.327. The van der Waals surface area contributed by atoms with Crippen molar-refractivity contribution < 1.29 is 14.4 Å². The SMILES string of the molecule is CCc1cccc(CC)c1NC(=O)N1CCCN1C(=O)CNC(=O)c1cccc(C)c1. The first kappa shape index (κ1) is 22.3. The van der Waals surface area contributed by atoms with Crippen molar-refractivity contribution >= 4 is 23.5 Å². The highest BCUT2D eigenvalue weighted by molar-refractivity contribution is 5.97. The van der Waals surface area contributed by atoms with Gasteiger partial charge in [0.25, 0.3) is 11.8 Å². The lowest BCUT2D eigenvalue weighted by atomic mass is 10.0. The Morgan fingerprint density at radius 1 is 0.935 bits per heavy atom. The van der Waals surface area contributed by atoms with E-state index in [1.54, 1.807) is 18.2 Å². The van der Waals surface area contributed by atoms with Gasteiger partial charge in [0, 0.05) is 24.3 Å². The van der Waals surface area contributed by atoms with Crippen molar-refractivity contribution in [2.75, 3.05) is 25.0 Å². The lowest BCUT2D eigenvalue weighted by Crippen LogP contribution is -2.50. The Balaban J connectivity index is 1.64. The Morgan fingerprint density at radius 2 is 1.58 bits per heavy atom. The summed E-state index contributed by atoms with van der Waals surface area (Å²) in [6.07, 6.45) is 2.30. The highest BCUT2D eigenvalue weighted by atomic mass is 16.2. The number of hydrogen-bond acceptors (Lipinski definition) is 3. The second-order valence-corrected chi connectivity index (χ2v) is 7.63. The summed E-state index contributed by atoms with van der Waals surface area (Å²) in [5.74, 6) is -0.621. The number of benzene rings is 2. The van der Waals surface area contributed by atoms with Gasteiger partial charge in [0.2, 0.25) is 0 Å². The molecule has 1 aliphatic rings. The summed E-state index contributed by atoms with van der Waals surface area (Å²) >= 11 is 0. The number of nitrogens with one attached hydrogen (secondary N) is 2. The van der Waals surface area contributed by atoms with Crippen LogP contribution in [0.5, 0.6) is 0 Å². The molecule has 7 heteroatoms. The van der Waals surface area contributed by atoms with Gasteiger partial charge in [-0.15, -0.1) is 0 Å². The van der Waals surface area contributed by atoms with Crippen molar-refractivity contribution in [1.29, 1.82) is 0 Å². The molecule has 31 heavy (non-hydrogen) atoms. The predicted octanol–water partition coefficient (Wildman–Crippen LogP) is 3.53. The van der Waals surface area contributed by atoms with E-state index in [0.29, 0.717) is 25.1 Å². The van der Waals surface area contributed by atoms with Gasteiger partial charge in [-0.05, 0) is 49.4 Å². The van der Waals surface area contributed by atoms with Gasteiger partial charge in [-0.1, -0.05) is 49.7 Å². The van der Waals surface area contributed by atoms with E-state index in [-0.39, 0.29) is 24.4 Å². The standard InChI is InChI=1S/C24H30N4O3/c1-4-18-10-7-11-19(5-2)22(18)26-24(31)28-14-8-13-27(28)21(29)16-25-23(30)20-12-6-9-17(3)15-20/h6-7,9-12,15H,4-5,8,13-14,16H2,1-3H3,(H,25,30)(H,26,31). The zero-order valence-electron chi connectivity index (χ0n) is 18.4. The third-order valence-corrected chi connectivity index (χ3v) is 5.46. The van der Waals surface area contributed by atoms with E-state index in [0.717, 1.165) is 35.2 Å². The van der Waals surface area contributed by atoms with Crippen LogP contribution in [0.1, 0.15) is 47.3 Å². The van der Waals surface area contributed by atoms with Crippen LogP contribution in [-0.4, -0.2) is 47.5 Å². The van der Waals surface area contributed by atoms with Crippen LogP contribution in [0.15, 0.2) is 42.5 Å². The first-order chi connectivity index (χ1) is 14.9. The largest absolute Gasteiger partial charge is 0.343 e. The van der Waals surface area contributed by atoms with E-state index in [9.17, 15) is 14.4 Å². The molecule has 1 fully saturated rings. The third-order valence-electron chi connectivity index (χ3n) is 5.46. The number of hydrogen-bond donors (Lipinski definition) is 2. The van der Waals surface area contributed by atoms with Crippen molar-refractivity contribution in [3.8, 4) is 0 Å². The number of rotatable bonds is 6. The maximum atomic E-state index is 13.0. The van der Waals surface area contributed by atoms with E-state index in [1.807, 2.05) is 45.0 Å². The van der Waals surface area contributed by atoms with Crippen LogP contribution >= 0.6 is 0 Å².